The summed E-state index contributed by atoms with van der Waals surface area (Å²) in [6.45, 7) is 10.2. The van der Waals surface area contributed by atoms with Crippen molar-refractivity contribution in [1.29, 1.82) is 0 Å². The number of piperidine rings is 9. The van der Waals surface area contributed by atoms with Crippen LogP contribution in [0.4, 0.5) is 0 Å². The molecule has 12 rings (SSSR count). The van der Waals surface area contributed by atoms with Gasteiger partial charge >= 0.3 is 0 Å². The quantitative estimate of drug-likeness (QED) is 0.264. The van der Waals surface area contributed by atoms with E-state index in [2.05, 4.69) is 30.7 Å². The minimum Gasteiger partial charge on any atom is -0.348 e. The zero-order valence-corrected chi connectivity index (χ0v) is 33.0. The number of carbonyl (C=O) groups is 3. The Morgan fingerprint density at radius 1 is 0.407 bits per heavy atom. The highest BCUT2D eigenvalue weighted by molar-refractivity contribution is 6.31. The van der Waals surface area contributed by atoms with Gasteiger partial charge < -0.3 is 30.7 Å². The van der Waals surface area contributed by atoms with Gasteiger partial charge in [-0.2, -0.15) is 0 Å². The van der Waals surface area contributed by atoms with E-state index in [-0.39, 0.29) is 17.7 Å². The second-order valence-corrected chi connectivity index (χ2v) is 17.0. The van der Waals surface area contributed by atoms with Gasteiger partial charge in [-0.1, -0.05) is 34.8 Å². The topological polar surface area (TPSA) is 97.0 Å². The summed E-state index contributed by atoms with van der Waals surface area (Å²) < 4.78 is 0. The summed E-state index contributed by atoms with van der Waals surface area (Å²) >= 11 is 17.5. The first-order valence-electron chi connectivity index (χ1n) is 19.5. The summed E-state index contributed by atoms with van der Waals surface area (Å²) in [5.41, 5.74) is 2.07. The van der Waals surface area contributed by atoms with Gasteiger partial charge in [-0.25, -0.2) is 0 Å². The van der Waals surface area contributed by atoms with Crippen molar-refractivity contribution in [2.75, 3.05) is 58.9 Å². The van der Waals surface area contributed by atoms with Crippen LogP contribution < -0.4 is 16.0 Å². The van der Waals surface area contributed by atoms with Crippen molar-refractivity contribution in [2.45, 2.75) is 56.7 Å². The third-order valence-corrected chi connectivity index (χ3v) is 13.0. The molecule has 9 fully saturated rings. The minimum atomic E-state index is 0.0189. The molecule has 0 spiro atoms. The second kappa shape index (κ2) is 18.2. The number of rotatable bonds is 6. The fourth-order valence-corrected chi connectivity index (χ4v) is 9.32. The molecule has 9 heterocycles. The molecule has 3 N–H and O–H groups in total. The van der Waals surface area contributed by atoms with E-state index in [0.717, 1.165) is 19.6 Å². The maximum atomic E-state index is 12.1. The highest BCUT2D eigenvalue weighted by Crippen LogP contribution is 2.30. The van der Waals surface area contributed by atoms with Crippen LogP contribution in [0.3, 0.4) is 0 Å². The van der Waals surface area contributed by atoms with Gasteiger partial charge in [0.2, 0.25) is 0 Å². The fraction of sp³-hybridized carbons (Fsp3) is 0.500. The lowest BCUT2D eigenvalue weighted by atomic mass is 9.84. The number of nitrogens with zero attached hydrogens (tertiary/aromatic N) is 3. The molecule has 288 valence electrons. The van der Waals surface area contributed by atoms with Gasteiger partial charge in [0.1, 0.15) is 0 Å². The van der Waals surface area contributed by atoms with Crippen molar-refractivity contribution in [3.8, 4) is 0 Å². The highest BCUT2D eigenvalue weighted by Gasteiger charge is 2.37. The highest BCUT2D eigenvalue weighted by atomic mass is 35.5. The van der Waals surface area contributed by atoms with E-state index in [1.807, 2.05) is 0 Å². The molecule has 0 aromatic heterocycles. The first-order chi connectivity index (χ1) is 26.2. The van der Waals surface area contributed by atoms with Gasteiger partial charge in [0, 0.05) is 69.5 Å². The van der Waals surface area contributed by atoms with Gasteiger partial charge in [0.05, 0.1) is 0 Å². The summed E-state index contributed by atoms with van der Waals surface area (Å²) in [4.78, 5) is 43.7. The summed E-state index contributed by atoms with van der Waals surface area (Å²) in [5.74, 6) is 2.03. The Labute approximate surface area is 334 Å². The van der Waals surface area contributed by atoms with Crippen molar-refractivity contribution in [3.63, 3.8) is 0 Å². The van der Waals surface area contributed by atoms with E-state index in [4.69, 9.17) is 34.8 Å². The van der Waals surface area contributed by atoms with Gasteiger partial charge in [-0.15, -0.1) is 0 Å². The molecule has 3 aromatic carbocycles. The summed E-state index contributed by atoms with van der Waals surface area (Å²) in [6, 6.07) is 22.1. The van der Waals surface area contributed by atoms with E-state index in [1.54, 1.807) is 72.8 Å². The Kier molecular flexibility index (Phi) is 13.2. The fourth-order valence-electron chi connectivity index (χ4n) is 8.94. The van der Waals surface area contributed by atoms with Crippen LogP contribution in [0.2, 0.25) is 15.1 Å². The summed E-state index contributed by atoms with van der Waals surface area (Å²) in [6.07, 6.45) is 7.28. The molecule has 3 atom stereocenters. The predicted molar refractivity (Wildman–Crippen MR) is 216 cm³/mol. The van der Waals surface area contributed by atoms with E-state index in [1.165, 1.54) is 77.8 Å². The summed E-state index contributed by atoms with van der Waals surface area (Å²) in [5, 5.41) is 11.5. The van der Waals surface area contributed by atoms with E-state index in [9.17, 15) is 14.4 Å². The maximum Gasteiger partial charge on any atom is 0.251 e. The van der Waals surface area contributed by atoms with Crippen LogP contribution in [0.15, 0.2) is 72.8 Å². The Morgan fingerprint density at radius 3 is 0.815 bits per heavy atom. The number of benzene rings is 3. The largest absolute Gasteiger partial charge is 0.348 e. The first-order valence-corrected chi connectivity index (χ1v) is 20.7. The van der Waals surface area contributed by atoms with E-state index in [0.29, 0.717) is 67.6 Å². The average molecular weight is 794 g/mol. The molecule has 9 aliphatic rings. The summed E-state index contributed by atoms with van der Waals surface area (Å²) in [7, 11) is 0. The van der Waals surface area contributed by atoms with Gasteiger partial charge in [-0.05, 0) is 168 Å². The number of nitrogens with one attached hydrogen (secondary N) is 3. The molecule has 0 aliphatic carbocycles. The molecule has 3 aromatic rings. The number of halogens is 3. The smallest absolute Gasteiger partial charge is 0.251 e. The maximum absolute atomic E-state index is 12.1. The third-order valence-electron chi connectivity index (χ3n) is 12.2. The van der Waals surface area contributed by atoms with Crippen LogP contribution in [0, 0.1) is 17.8 Å². The van der Waals surface area contributed by atoms with Gasteiger partial charge in [0.15, 0.2) is 0 Å². The zero-order valence-electron chi connectivity index (χ0n) is 30.7. The molecular weight excluding hydrogens is 743 g/mol. The molecule has 0 radical (unpaired) electrons. The number of amides is 3. The standard InChI is InChI=1S/3C14H17ClN2O/c3*15-12-3-1-11(2-4-12)14(18)16-13-9-17-7-5-10(13)6-8-17/h3*1-4,10,13H,5-9H2,(H,16,18)/t3*13-/m000/s1. The average Bonchev–Trinajstić information content (AvgIpc) is 3.20. The lowest BCUT2D eigenvalue weighted by Gasteiger charge is -2.44. The monoisotopic (exact) mass is 792 g/mol. The second-order valence-electron chi connectivity index (χ2n) is 15.7. The predicted octanol–water partition coefficient (Wildman–Crippen LogP) is 6.49. The van der Waals surface area contributed by atoms with Gasteiger partial charge in [-0.3, -0.25) is 14.4 Å². The molecular formula is C42H51Cl3N6O3. The number of hydrogen-bond donors (Lipinski definition) is 3. The van der Waals surface area contributed by atoms with Crippen molar-refractivity contribution in [3.05, 3.63) is 105 Å². The Morgan fingerprint density at radius 2 is 0.630 bits per heavy atom. The molecule has 0 saturated carbocycles. The lowest BCUT2D eigenvalue weighted by Crippen LogP contribution is -2.57. The Bertz CT molecular complexity index is 1520. The molecule has 3 amide bonds. The van der Waals surface area contributed by atoms with Crippen LogP contribution in [0.1, 0.15) is 69.6 Å². The normalized spacial score (nSPS) is 30.2. The minimum absolute atomic E-state index is 0.0189. The lowest BCUT2D eigenvalue weighted by molar-refractivity contribution is 0.0617. The molecule has 12 heteroatoms. The molecule has 9 nitrogen and oxygen atoms in total. The Hall–Kier alpha value is -3.18. The number of carbonyl (C=O) groups excluding carboxylic acids is 3. The Balaban J connectivity index is 0.000000125. The van der Waals surface area contributed by atoms with Crippen molar-refractivity contribution < 1.29 is 14.4 Å². The van der Waals surface area contributed by atoms with Crippen molar-refractivity contribution in [2.24, 2.45) is 17.8 Å². The number of fused-ring (bicyclic) bond motifs is 9. The van der Waals surface area contributed by atoms with Crippen LogP contribution in [0.5, 0.6) is 0 Å². The molecule has 0 unspecified atom stereocenters. The molecule has 54 heavy (non-hydrogen) atoms. The van der Waals surface area contributed by atoms with E-state index >= 15 is 0 Å². The van der Waals surface area contributed by atoms with Crippen LogP contribution in [0.25, 0.3) is 0 Å². The van der Waals surface area contributed by atoms with Gasteiger partial charge in [0.25, 0.3) is 17.7 Å². The van der Waals surface area contributed by atoms with Crippen molar-refractivity contribution >= 4 is 52.5 Å². The molecule has 9 saturated heterocycles. The van der Waals surface area contributed by atoms with Crippen molar-refractivity contribution in [1.82, 2.24) is 30.7 Å². The SMILES string of the molecule is O=C(N[C@H]1CN2CCC1CC2)c1ccc(Cl)cc1.O=C(N[C@H]1CN2CCC1CC2)c1ccc(Cl)cc1.O=C(N[C@H]1CN2CCC1CC2)c1ccc(Cl)cc1. The third kappa shape index (κ3) is 10.2. The molecule has 6 bridgehead atoms. The van der Waals surface area contributed by atoms with E-state index < -0.39 is 0 Å². The van der Waals surface area contributed by atoms with Crippen LogP contribution in [-0.4, -0.2) is 109 Å². The number of hydrogen-bond acceptors (Lipinski definition) is 6. The zero-order chi connectivity index (χ0) is 37.6. The first kappa shape index (κ1) is 39.1. The van der Waals surface area contributed by atoms with Crippen LogP contribution >= 0.6 is 34.8 Å². The van der Waals surface area contributed by atoms with Crippen LogP contribution in [-0.2, 0) is 0 Å². The molecule has 9 aliphatic heterocycles.